The summed E-state index contributed by atoms with van der Waals surface area (Å²) in [6.07, 6.45) is -0.182. The number of rotatable bonds is 9. The maximum atomic E-state index is 12.4. The summed E-state index contributed by atoms with van der Waals surface area (Å²) in [4.78, 5) is 37.1. The molecule has 0 radical (unpaired) electrons. The van der Waals surface area contributed by atoms with Crippen molar-refractivity contribution < 1.29 is 19.2 Å². The van der Waals surface area contributed by atoms with Gasteiger partial charge in [0, 0.05) is 32.6 Å². The monoisotopic (exact) mass is 413 g/mol. The normalized spacial score (nSPS) is 12.5. The number of carbonyl (C=O) groups excluding carboxylic acids is 2. The summed E-state index contributed by atoms with van der Waals surface area (Å²) in [5.74, 6) is -1.06. The first-order valence-electron chi connectivity index (χ1n) is 9.74. The molecule has 8 nitrogen and oxygen atoms in total. The van der Waals surface area contributed by atoms with Crippen molar-refractivity contribution in [1.29, 1.82) is 0 Å². The van der Waals surface area contributed by atoms with E-state index in [-0.39, 0.29) is 17.2 Å². The van der Waals surface area contributed by atoms with Crippen LogP contribution in [0.2, 0.25) is 0 Å². The van der Waals surface area contributed by atoms with Gasteiger partial charge in [-0.3, -0.25) is 14.9 Å². The summed E-state index contributed by atoms with van der Waals surface area (Å²) < 4.78 is 5.22. The van der Waals surface area contributed by atoms with Crippen LogP contribution < -0.4 is 10.2 Å². The lowest BCUT2D eigenvalue weighted by Crippen LogP contribution is -2.38. The number of carbonyl (C=O) groups is 2. The fraction of sp³-hybridized carbons (Fsp3) is 0.364. The number of nitro groups is 1. The van der Waals surface area contributed by atoms with Crippen LogP contribution in [-0.4, -0.2) is 43.5 Å². The number of nitrogens with one attached hydrogen (secondary N) is 1. The minimum absolute atomic E-state index is 0.0164. The second-order valence-electron chi connectivity index (χ2n) is 7.16. The molecular weight excluding hydrogens is 386 g/mol. The van der Waals surface area contributed by atoms with E-state index in [1.807, 2.05) is 37.3 Å². The Bertz CT molecular complexity index is 899. The van der Waals surface area contributed by atoms with Crippen molar-refractivity contribution in [3.05, 3.63) is 69.8 Å². The highest BCUT2D eigenvalue weighted by Crippen LogP contribution is 2.28. The molecule has 0 aliphatic rings. The van der Waals surface area contributed by atoms with Crippen LogP contribution in [0.5, 0.6) is 0 Å². The van der Waals surface area contributed by atoms with Gasteiger partial charge in [-0.2, -0.15) is 0 Å². The third-order valence-electron chi connectivity index (χ3n) is 4.83. The van der Waals surface area contributed by atoms with Crippen LogP contribution in [0, 0.1) is 10.1 Å². The molecule has 2 atom stereocenters. The average molecular weight is 413 g/mol. The van der Waals surface area contributed by atoms with E-state index < -0.39 is 22.9 Å². The summed E-state index contributed by atoms with van der Waals surface area (Å²) in [6.45, 7) is 3.93. The average Bonchev–Trinajstić information content (AvgIpc) is 2.74. The van der Waals surface area contributed by atoms with Crippen molar-refractivity contribution in [2.45, 2.75) is 32.3 Å². The van der Waals surface area contributed by atoms with E-state index >= 15 is 0 Å². The Balaban J connectivity index is 2.00. The molecule has 0 spiro atoms. The number of esters is 1. The molecule has 0 aliphatic carbocycles. The molecule has 0 heterocycles. The Kier molecular flexibility index (Phi) is 7.91. The summed E-state index contributed by atoms with van der Waals surface area (Å²) in [5, 5.41) is 14.1. The maximum absolute atomic E-state index is 12.4. The van der Waals surface area contributed by atoms with Gasteiger partial charge in [0.15, 0.2) is 6.10 Å². The van der Waals surface area contributed by atoms with Crippen molar-refractivity contribution in [3.63, 3.8) is 0 Å². The highest BCUT2D eigenvalue weighted by Gasteiger charge is 2.23. The third kappa shape index (κ3) is 5.79. The van der Waals surface area contributed by atoms with E-state index in [0.29, 0.717) is 12.2 Å². The molecule has 0 aromatic heterocycles. The summed E-state index contributed by atoms with van der Waals surface area (Å²) in [6, 6.07) is 13.9. The van der Waals surface area contributed by atoms with Gasteiger partial charge >= 0.3 is 5.97 Å². The molecule has 0 fully saturated rings. The lowest BCUT2D eigenvalue weighted by atomic mass is 9.96. The fourth-order valence-electron chi connectivity index (χ4n) is 3.05. The van der Waals surface area contributed by atoms with Crippen LogP contribution in [0.3, 0.4) is 0 Å². The highest BCUT2D eigenvalue weighted by atomic mass is 16.6. The minimum Gasteiger partial charge on any atom is -0.449 e. The van der Waals surface area contributed by atoms with E-state index in [9.17, 15) is 19.7 Å². The van der Waals surface area contributed by atoms with Gasteiger partial charge in [0.25, 0.3) is 11.6 Å². The molecule has 8 heteroatoms. The Morgan fingerprint density at radius 2 is 1.83 bits per heavy atom. The van der Waals surface area contributed by atoms with Gasteiger partial charge in [-0.1, -0.05) is 37.3 Å². The number of hydrogen-bond donors (Lipinski definition) is 1. The number of nitrogens with zero attached hydrogens (tertiary/aromatic N) is 2. The zero-order valence-electron chi connectivity index (χ0n) is 17.6. The summed E-state index contributed by atoms with van der Waals surface area (Å²) >= 11 is 0. The van der Waals surface area contributed by atoms with Gasteiger partial charge in [-0.15, -0.1) is 0 Å². The fourth-order valence-corrected chi connectivity index (χ4v) is 3.05. The number of amides is 1. The Morgan fingerprint density at radius 3 is 2.40 bits per heavy atom. The zero-order valence-corrected chi connectivity index (χ0v) is 17.6. The van der Waals surface area contributed by atoms with Crippen LogP contribution in [-0.2, 0) is 9.53 Å². The van der Waals surface area contributed by atoms with E-state index in [4.69, 9.17) is 4.74 Å². The predicted octanol–water partition coefficient (Wildman–Crippen LogP) is 3.52. The van der Waals surface area contributed by atoms with Crippen molar-refractivity contribution >= 4 is 23.3 Å². The second-order valence-corrected chi connectivity index (χ2v) is 7.16. The van der Waals surface area contributed by atoms with E-state index in [1.54, 1.807) is 19.0 Å². The summed E-state index contributed by atoms with van der Waals surface area (Å²) in [7, 11) is 3.34. The van der Waals surface area contributed by atoms with Crippen molar-refractivity contribution in [3.8, 4) is 0 Å². The first-order chi connectivity index (χ1) is 14.2. The highest BCUT2D eigenvalue weighted by molar-refractivity contribution is 5.93. The molecule has 0 saturated heterocycles. The van der Waals surface area contributed by atoms with Crippen LogP contribution in [0.1, 0.15) is 42.1 Å². The van der Waals surface area contributed by atoms with Gasteiger partial charge in [-0.05, 0) is 31.0 Å². The molecule has 2 aromatic rings. The van der Waals surface area contributed by atoms with Gasteiger partial charge in [-0.25, -0.2) is 4.79 Å². The maximum Gasteiger partial charge on any atom is 0.339 e. The first kappa shape index (κ1) is 22.9. The van der Waals surface area contributed by atoms with E-state index in [1.165, 1.54) is 19.1 Å². The standard InChI is InChI=1S/C22H27N3O5/c1-5-16(17-9-7-6-8-10-17)14-23-21(26)15(2)30-22(27)18-11-12-19(24(3)4)20(13-18)25(28)29/h6-13,15-16H,5,14H2,1-4H3,(H,23,26)/t15-,16+/m0/s1. The number of benzene rings is 2. The Morgan fingerprint density at radius 1 is 1.17 bits per heavy atom. The molecule has 1 N–H and O–H groups in total. The van der Waals surface area contributed by atoms with Crippen LogP contribution in [0.25, 0.3) is 0 Å². The molecule has 1 amide bonds. The second kappa shape index (κ2) is 10.4. The van der Waals surface area contributed by atoms with Gasteiger partial charge in [0.2, 0.25) is 0 Å². The van der Waals surface area contributed by atoms with Crippen molar-refractivity contribution in [2.75, 3.05) is 25.5 Å². The third-order valence-corrected chi connectivity index (χ3v) is 4.83. The number of hydrogen-bond acceptors (Lipinski definition) is 6. The summed E-state index contributed by atoms with van der Waals surface area (Å²) in [5.41, 5.74) is 1.30. The van der Waals surface area contributed by atoms with Gasteiger partial charge < -0.3 is 15.0 Å². The van der Waals surface area contributed by atoms with Crippen LogP contribution >= 0.6 is 0 Å². The molecule has 30 heavy (non-hydrogen) atoms. The number of anilines is 1. The molecule has 2 rings (SSSR count). The Hall–Kier alpha value is -3.42. The molecule has 0 saturated carbocycles. The molecule has 0 bridgehead atoms. The minimum atomic E-state index is -1.03. The molecule has 0 unspecified atom stereocenters. The van der Waals surface area contributed by atoms with Gasteiger partial charge in [0.1, 0.15) is 5.69 Å². The SMILES string of the molecule is CC[C@H](CNC(=O)[C@H](C)OC(=O)c1ccc(N(C)C)c([N+](=O)[O-])c1)c1ccccc1. The smallest absolute Gasteiger partial charge is 0.339 e. The lowest BCUT2D eigenvalue weighted by molar-refractivity contribution is -0.384. The predicted molar refractivity (Wildman–Crippen MR) is 115 cm³/mol. The first-order valence-corrected chi connectivity index (χ1v) is 9.74. The van der Waals surface area contributed by atoms with E-state index in [2.05, 4.69) is 5.32 Å². The Labute approximate surface area is 176 Å². The zero-order chi connectivity index (χ0) is 22.3. The van der Waals surface area contributed by atoms with Gasteiger partial charge in [0.05, 0.1) is 10.5 Å². The lowest BCUT2D eigenvalue weighted by Gasteiger charge is -2.19. The number of ether oxygens (including phenoxy) is 1. The van der Waals surface area contributed by atoms with Crippen LogP contribution in [0.4, 0.5) is 11.4 Å². The van der Waals surface area contributed by atoms with Crippen LogP contribution in [0.15, 0.2) is 48.5 Å². The van der Waals surface area contributed by atoms with E-state index in [0.717, 1.165) is 18.1 Å². The molecule has 2 aromatic carbocycles. The quantitative estimate of drug-likeness (QED) is 0.383. The topological polar surface area (TPSA) is 102 Å². The van der Waals surface area contributed by atoms with Crippen molar-refractivity contribution in [2.24, 2.45) is 0 Å². The largest absolute Gasteiger partial charge is 0.449 e. The molecule has 160 valence electrons. The number of nitro benzene ring substituents is 1. The molecular formula is C22H27N3O5. The molecule has 0 aliphatic heterocycles. The van der Waals surface area contributed by atoms with Crippen molar-refractivity contribution in [1.82, 2.24) is 5.32 Å².